The van der Waals surface area contributed by atoms with E-state index in [2.05, 4.69) is 17.4 Å². The molecule has 1 atom stereocenters. The quantitative estimate of drug-likeness (QED) is 0.292. The molecule has 0 aromatic heterocycles. The first-order valence-electron chi connectivity index (χ1n) is 16.5. The van der Waals surface area contributed by atoms with Crippen molar-refractivity contribution in [3.05, 3.63) is 63.6 Å². The van der Waals surface area contributed by atoms with Gasteiger partial charge in [0.1, 0.15) is 12.6 Å². The lowest BCUT2D eigenvalue weighted by Crippen LogP contribution is -2.53. The van der Waals surface area contributed by atoms with Crippen LogP contribution in [0.5, 0.6) is 0 Å². The van der Waals surface area contributed by atoms with Gasteiger partial charge in [-0.15, -0.1) is 0 Å². The number of rotatable bonds is 10. The molecule has 244 valence electrons. The molecule has 0 spiro atoms. The van der Waals surface area contributed by atoms with Crippen molar-refractivity contribution in [1.82, 2.24) is 10.2 Å². The number of halogens is 2. The Bertz CT molecular complexity index is 1490. The number of benzene rings is 2. The number of hydrogen-bond donors (Lipinski definition) is 1. The van der Waals surface area contributed by atoms with Crippen molar-refractivity contribution >= 4 is 50.7 Å². The first-order valence-corrected chi connectivity index (χ1v) is 19.1. The summed E-state index contributed by atoms with van der Waals surface area (Å²) in [7, 11) is -3.82. The van der Waals surface area contributed by atoms with Crippen molar-refractivity contribution in [2.45, 2.75) is 102 Å². The normalized spacial score (nSPS) is 26.8. The number of amides is 2. The van der Waals surface area contributed by atoms with Crippen molar-refractivity contribution in [1.29, 1.82) is 0 Å². The van der Waals surface area contributed by atoms with Gasteiger partial charge in [-0.05, 0) is 117 Å². The molecule has 2 aromatic carbocycles. The molecule has 5 aliphatic rings. The van der Waals surface area contributed by atoms with Crippen LogP contribution in [-0.2, 0) is 31.6 Å². The molecule has 7 rings (SSSR count). The Hall–Kier alpha value is -2.29. The van der Waals surface area contributed by atoms with Crippen LogP contribution in [-0.4, -0.2) is 50.0 Å². The zero-order valence-corrected chi connectivity index (χ0v) is 28.6. The SMILES string of the molecule is C[C@@H](C(=O)NC1CCCCC1)N(Cc1ccc(Cl)cc1Cl)C(=O)CN(c1ccc(C23CC4CC(CC(C4)C2)C3)cc1)S(C)(=O)=O. The van der Waals surface area contributed by atoms with Crippen LogP contribution >= 0.6 is 23.2 Å². The van der Waals surface area contributed by atoms with Gasteiger partial charge < -0.3 is 10.2 Å². The average Bonchev–Trinajstić information content (AvgIpc) is 2.98. The maximum atomic E-state index is 14.1. The summed E-state index contributed by atoms with van der Waals surface area (Å²) >= 11 is 12.6. The molecule has 5 fully saturated rings. The Morgan fingerprint density at radius 3 is 2.09 bits per heavy atom. The van der Waals surface area contributed by atoms with Gasteiger partial charge in [0.2, 0.25) is 21.8 Å². The van der Waals surface area contributed by atoms with E-state index < -0.39 is 28.5 Å². The third kappa shape index (κ3) is 7.18. The van der Waals surface area contributed by atoms with Gasteiger partial charge in [-0.2, -0.15) is 0 Å². The monoisotopic (exact) mass is 673 g/mol. The Kier molecular flexibility index (Phi) is 9.48. The predicted molar refractivity (Wildman–Crippen MR) is 180 cm³/mol. The number of anilines is 1. The highest BCUT2D eigenvalue weighted by Crippen LogP contribution is 2.60. The Balaban J connectivity index is 1.23. The highest BCUT2D eigenvalue weighted by Gasteiger charge is 2.51. The van der Waals surface area contributed by atoms with Crippen molar-refractivity contribution in [2.75, 3.05) is 17.1 Å². The smallest absolute Gasteiger partial charge is 0.244 e. The van der Waals surface area contributed by atoms with Crippen LogP contribution in [0.1, 0.15) is 88.7 Å². The van der Waals surface area contributed by atoms with Gasteiger partial charge >= 0.3 is 0 Å². The summed E-state index contributed by atoms with van der Waals surface area (Å²) in [5.41, 5.74) is 2.55. The van der Waals surface area contributed by atoms with Gasteiger partial charge in [0.25, 0.3) is 0 Å². The van der Waals surface area contributed by atoms with E-state index >= 15 is 0 Å². The Labute approximate surface area is 278 Å². The molecule has 5 saturated carbocycles. The van der Waals surface area contributed by atoms with Crippen LogP contribution in [0.25, 0.3) is 0 Å². The summed E-state index contributed by atoms with van der Waals surface area (Å²) in [5.74, 6) is 1.67. The van der Waals surface area contributed by atoms with Crippen molar-refractivity contribution in [2.24, 2.45) is 17.8 Å². The number of nitrogens with one attached hydrogen (secondary N) is 1. The van der Waals surface area contributed by atoms with E-state index in [1.165, 1.54) is 49.0 Å². The molecule has 4 bridgehead atoms. The number of carbonyl (C=O) groups is 2. The molecule has 2 aromatic rings. The minimum Gasteiger partial charge on any atom is -0.352 e. The standard InChI is InChI=1S/C35H45Cl2N3O4S/c1-23(34(42)38-30-6-4-3-5-7-30)39(21-27-8-11-29(36)17-32(27)37)33(41)22-40(45(2,43)44)31-12-9-28(10-13-31)35-18-24-14-25(19-35)16-26(15-24)20-35/h8-13,17,23-26,30H,3-7,14-16,18-22H2,1-2H3,(H,38,42)/t23-,24?,25?,26?,35?/m0/s1. The van der Waals surface area contributed by atoms with E-state index in [-0.39, 0.29) is 23.9 Å². The molecule has 0 heterocycles. The number of sulfonamides is 1. The van der Waals surface area contributed by atoms with Gasteiger partial charge in [0, 0.05) is 22.6 Å². The van der Waals surface area contributed by atoms with E-state index in [9.17, 15) is 18.0 Å². The summed E-state index contributed by atoms with van der Waals surface area (Å²) in [4.78, 5) is 28.9. The minimum absolute atomic E-state index is 0.0383. The summed E-state index contributed by atoms with van der Waals surface area (Å²) in [6.07, 6.45) is 14.0. The van der Waals surface area contributed by atoms with Gasteiger partial charge in [-0.3, -0.25) is 13.9 Å². The highest BCUT2D eigenvalue weighted by molar-refractivity contribution is 7.92. The van der Waals surface area contributed by atoms with Gasteiger partial charge in [-0.1, -0.05) is 60.7 Å². The Morgan fingerprint density at radius 1 is 0.933 bits per heavy atom. The summed E-state index contributed by atoms with van der Waals surface area (Å²) in [6.45, 7) is 1.30. The lowest BCUT2D eigenvalue weighted by atomic mass is 9.48. The lowest BCUT2D eigenvalue weighted by molar-refractivity contribution is -0.139. The topological polar surface area (TPSA) is 86.8 Å². The van der Waals surface area contributed by atoms with E-state index in [1.807, 2.05) is 12.1 Å². The molecule has 5 aliphatic carbocycles. The Morgan fingerprint density at radius 2 is 1.53 bits per heavy atom. The molecule has 0 unspecified atom stereocenters. The van der Waals surface area contributed by atoms with Gasteiger partial charge in [0.05, 0.1) is 11.9 Å². The third-order valence-corrected chi connectivity index (χ3v) is 12.7. The first kappa shape index (κ1) is 32.6. The van der Waals surface area contributed by atoms with Crippen molar-refractivity contribution in [3.63, 3.8) is 0 Å². The summed E-state index contributed by atoms with van der Waals surface area (Å²) < 4.78 is 27.5. The fourth-order valence-electron chi connectivity index (χ4n) is 9.04. The molecule has 1 N–H and O–H groups in total. The van der Waals surface area contributed by atoms with Crippen LogP contribution in [0.3, 0.4) is 0 Å². The third-order valence-electron chi connectivity index (χ3n) is 11.0. The van der Waals surface area contributed by atoms with E-state index in [4.69, 9.17) is 23.2 Å². The second kappa shape index (κ2) is 13.1. The molecular formula is C35H45Cl2N3O4S. The molecule has 0 saturated heterocycles. The molecule has 2 amide bonds. The predicted octanol–water partition coefficient (Wildman–Crippen LogP) is 7.09. The minimum atomic E-state index is -3.82. The second-order valence-corrected chi connectivity index (χ2v) is 17.0. The molecule has 45 heavy (non-hydrogen) atoms. The van der Waals surface area contributed by atoms with Crippen LogP contribution in [0.4, 0.5) is 5.69 Å². The van der Waals surface area contributed by atoms with Crippen LogP contribution in [0.2, 0.25) is 10.0 Å². The maximum absolute atomic E-state index is 14.1. The van der Waals surface area contributed by atoms with Gasteiger partial charge in [-0.25, -0.2) is 8.42 Å². The van der Waals surface area contributed by atoms with Crippen LogP contribution in [0, 0.1) is 17.8 Å². The fraction of sp³-hybridized carbons (Fsp3) is 0.600. The number of nitrogens with zero attached hydrogens (tertiary/aromatic N) is 2. The molecule has 7 nitrogen and oxygen atoms in total. The zero-order valence-electron chi connectivity index (χ0n) is 26.3. The maximum Gasteiger partial charge on any atom is 0.244 e. The largest absolute Gasteiger partial charge is 0.352 e. The zero-order chi connectivity index (χ0) is 31.9. The highest BCUT2D eigenvalue weighted by atomic mass is 35.5. The fourth-order valence-corrected chi connectivity index (χ4v) is 10.4. The molecule has 10 heteroatoms. The molecule has 0 radical (unpaired) electrons. The number of carbonyl (C=O) groups excluding carboxylic acids is 2. The molecular weight excluding hydrogens is 629 g/mol. The van der Waals surface area contributed by atoms with E-state index in [0.29, 0.717) is 21.3 Å². The summed E-state index contributed by atoms with van der Waals surface area (Å²) in [5, 5.41) is 3.96. The van der Waals surface area contributed by atoms with Gasteiger partial charge in [0.15, 0.2) is 0 Å². The average molecular weight is 675 g/mol. The number of hydrogen-bond acceptors (Lipinski definition) is 4. The van der Waals surface area contributed by atoms with Crippen molar-refractivity contribution < 1.29 is 18.0 Å². The lowest BCUT2D eigenvalue weighted by Gasteiger charge is -2.57. The summed E-state index contributed by atoms with van der Waals surface area (Å²) in [6, 6.07) is 12.1. The van der Waals surface area contributed by atoms with E-state index in [1.54, 1.807) is 25.1 Å². The first-order chi connectivity index (χ1) is 21.4. The van der Waals surface area contributed by atoms with Crippen LogP contribution in [0.15, 0.2) is 42.5 Å². The molecule has 0 aliphatic heterocycles. The van der Waals surface area contributed by atoms with Crippen molar-refractivity contribution in [3.8, 4) is 0 Å². The van der Waals surface area contributed by atoms with E-state index in [0.717, 1.165) is 60.4 Å². The van der Waals surface area contributed by atoms with Crippen LogP contribution < -0.4 is 9.62 Å². The second-order valence-electron chi connectivity index (χ2n) is 14.3.